The van der Waals surface area contributed by atoms with Crippen molar-refractivity contribution in [1.82, 2.24) is 10.3 Å². The molecule has 1 aromatic heterocycles. The van der Waals surface area contributed by atoms with Crippen LogP contribution < -0.4 is 5.32 Å². The number of amides is 1. The van der Waals surface area contributed by atoms with Crippen LogP contribution in [0.1, 0.15) is 28.0 Å². The van der Waals surface area contributed by atoms with E-state index in [-0.39, 0.29) is 18.1 Å². The van der Waals surface area contributed by atoms with Gasteiger partial charge in [-0.1, -0.05) is 6.07 Å². The molecule has 24 heavy (non-hydrogen) atoms. The normalized spacial score (nSPS) is 20.3. The van der Waals surface area contributed by atoms with Gasteiger partial charge in [0.2, 0.25) is 0 Å². The molecular formula is C17H17N3O3S. The summed E-state index contributed by atoms with van der Waals surface area (Å²) >= 11 is 1.52. The number of nitriles is 1. The van der Waals surface area contributed by atoms with Crippen LogP contribution >= 0.6 is 11.3 Å². The Kier molecular flexibility index (Phi) is 5.54. The smallest absolute Gasteiger partial charge is 0.251 e. The molecular weight excluding hydrogens is 326 g/mol. The zero-order chi connectivity index (χ0) is 16.8. The fourth-order valence-corrected chi connectivity index (χ4v) is 3.07. The van der Waals surface area contributed by atoms with Crippen LogP contribution in [0.3, 0.4) is 0 Å². The number of carbonyl (C=O) groups excluding carboxylic acids is 1. The summed E-state index contributed by atoms with van der Waals surface area (Å²) in [6, 6.07) is 8.56. The van der Waals surface area contributed by atoms with Crippen LogP contribution in [0, 0.1) is 11.3 Å². The maximum Gasteiger partial charge on any atom is 0.251 e. The van der Waals surface area contributed by atoms with Crippen LogP contribution in [0.25, 0.3) is 0 Å². The SMILES string of the molecule is N#Cc1cccc(C(=O)N[C@@H]2CCOC[C@H]2OCc2cscn2)c1. The monoisotopic (exact) mass is 343 g/mol. The minimum atomic E-state index is -0.219. The number of rotatable bonds is 5. The molecule has 1 aliphatic heterocycles. The van der Waals surface area contributed by atoms with E-state index in [2.05, 4.69) is 10.3 Å². The summed E-state index contributed by atoms with van der Waals surface area (Å²) in [6.45, 7) is 1.42. The van der Waals surface area contributed by atoms with Crippen LogP contribution in [0.4, 0.5) is 0 Å². The topological polar surface area (TPSA) is 84.2 Å². The number of nitrogens with one attached hydrogen (secondary N) is 1. The number of ether oxygens (including phenoxy) is 2. The molecule has 1 amide bonds. The molecule has 1 aromatic carbocycles. The van der Waals surface area contributed by atoms with Crippen molar-refractivity contribution in [3.05, 3.63) is 52.0 Å². The molecule has 0 saturated carbocycles. The van der Waals surface area contributed by atoms with Crippen molar-refractivity contribution in [3.63, 3.8) is 0 Å². The lowest BCUT2D eigenvalue weighted by Crippen LogP contribution is -2.50. The number of hydrogen-bond donors (Lipinski definition) is 1. The van der Waals surface area contributed by atoms with E-state index in [4.69, 9.17) is 14.7 Å². The second-order valence-electron chi connectivity index (χ2n) is 5.47. The predicted molar refractivity (Wildman–Crippen MR) is 88.5 cm³/mol. The lowest BCUT2D eigenvalue weighted by molar-refractivity contribution is -0.0742. The highest BCUT2D eigenvalue weighted by molar-refractivity contribution is 7.07. The molecule has 0 spiro atoms. The Labute approximate surface area is 144 Å². The highest BCUT2D eigenvalue weighted by atomic mass is 32.1. The molecule has 0 radical (unpaired) electrons. The van der Waals surface area contributed by atoms with Gasteiger partial charge in [-0.25, -0.2) is 4.98 Å². The Hall–Kier alpha value is -2.27. The number of thiazole rings is 1. The number of carbonyl (C=O) groups is 1. The summed E-state index contributed by atoms with van der Waals surface area (Å²) in [7, 11) is 0. The second-order valence-corrected chi connectivity index (χ2v) is 6.18. The third-order valence-corrected chi connectivity index (χ3v) is 4.44. The largest absolute Gasteiger partial charge is 0.379 e. The van der Waals surface area contributed by atoms with Gasteiger partial charge in [0.15, 0.2) is 0 Å². The van der Waals surface area contributed by atoms with Gasteiger partial charge in [-0.15, -0.1) is 11.3 Å². The minimum absolute atomic E-state index is 0.129. The molecule has 6 nitrogen and oxygen atoms in total. The average Bonchev–Trinajstić information content (AvgIpc) is 3.14. The molecule has 0 bridgehead atoms. The Balaban J connectivity index is 1.62. The molecule has 3 rings (SSSR count). The summed E-state index contributed by atoms with van der Waals surface area (Å²) in [5, 5.41) is 13.9. The van der Waals surface area contributed by atoms with Crippen molar-refractivity contribution in [2.24, 2.45) is 0 Å². The lowest BCUT2D eigenvalue weighted by Gasteiger charge is -2.32. The van der Waals surface area contributed by atoms with Crippen molar-refractivity contribution in [1.29, 1.82) is 5.26 Å². The third-order valence-electron chi connectivity index (χ3n) is 3.80. The number of nitrogens with zero attached hydrogens (tertiary/aromatic N) is 2. The predicted octanol–water partition coefficient (Wildman–Crippen LogP) is 2.12. The Bertz CT molecular complexity index is 727. The zero-order valence-corrected chi connectivity index (χ0v) is 13.8. The van der Waals surface area contributed by atoms with E-state index in [1.165, 1.54) is 11.3 Å². The Morgan fingerprint density at radius 2 is 2.46 bits per heavy atom. The van der Waals surface area contributed by atoms with Crippen molar-refractivity contribution >= 4 is 17.2 Å². The Morgan fingerprint density at radius 3 is 3.25 bits per heavy atom. The second kappa shape index (κ2) is 8.02. The molecule has 1 fully saturated rings. The summed E-state index contributed by atoms with van der Waals surface area (Å²) in [4.78, 5) is 16.6. The van der Waals surface area contributed by atoms with Crippen LogP contribution in [0.5, 0.6) is 0 Å². The molecule has 0 unspecified atom stereocenters. The Morgan fingerprint density at radius 1 is 1.54 bits per heavy atom. The van der Waals surface area contributed by atoms with E-state index in [0.29, 0.717) is 37.4 Å². The molecule has 1 aliphatic rings. The molecule has 1 N–H and O–H groups in total. The molecule has 2 aromatic rings. The van der Waals surface area contributed by atoms with E-state index in [1.807, 2.05) is 11.4 Å². The molecule has 1 saturated heterocycles. The van der Waals surface area contributed by atoms with Crippen molar-refractivity contribution in [2.75, 3.05) is 13.2 Å². The minimum Gasteiger partial charge on any atom is -0.379 e. The van der Waals surface area contributed by atoms with Crippen molar-refractivity contribution < 1.29 is 14.3 Å². The van der Waals surface area contributed by atoms with Gasteiger partial charge in [0.1, 0.15) is 6.10 Å². The fraction of sp³-hybridized carbons (Fsp3) is 0.353. The summed E-state index contributed by atoms with van der Waals surface area (Å²) in [5.74, 6) is -0.207. The fourth-order valence-electron chi connectivity index (χ4n) is 2.52. The molecule has 124 valence electrons. The van der Waals surface area contributed by atoms with Gasteiger partial charge in [0.05, 0.1) is 42.1 Å². The average molecular weight is 343 g/mol. The van der Waals surface area contributed by atoms with E-state index in [1.54, 1.807) is 29.8 Å². The molecule has 2 atom stereocenters. The van der Waals surface area contributed by atoms with Crippen LogP contribution in [-0.2, 0) is 16.1 Å². The highest BCUT2D eigenvalue weighted by Gasteiger charge is 2.28. The maximum atomic E-state index is 12.4. The quantitative estimate of drug-likeness (QED) is 0.899. The van der Waals surface area contributed by atoms with Gasteiger partial charge in [-0.05, 0) is 24.6 Å². The standard InChI is InChI=1S/C17H17N3O3S/c18-7-12-2-1-3-13(6-12)17(21)20-15-4-5-22-9-16(15)23-8-14-10-24-11-19-14/h1-3,6,10-11,15-16H,4-5,8-9H2,(H,20,21)/t15-,16-/m1/s1. The summed E-state index contributed by atoms with van der Waals surface area (Å²) in [5.41, 5.74) is 3.57. The lowest BCUT2D eigenvalue weighted by atomic mass is 10.0. The zero-order valence-electron chi connectivity index (χ0n) is 13.0. The number of benzene rings is 1. The first-order valence-corrected chi connectivity index (χ1v) is 8.58. The molecule has 0 aliphatic carbocycles. The highest BCUT2D eigenvalue weighted by Crippen LogP contribution is 2.15. The first-order chi connectivity index (χ1) is 11.8. The van der Waals surface area contributed by atoms with Gasteiger partial charge in [-0.2, -0.15) is 5.26 Å². The summed E-state index contributed by atoms with van der Waals surface area (Å²) < 4.78 is 11.3. The third kappa shape index (κ3) is 4.17. The molecule has 2 heterocycles. The first-order valence-electron chi connectivity index (χ1n) is 7.63. The maximum absolute atomic E-state index is 12.4. The first kappa shape index (κ1) is 16.6. The van der Waals surface area contributed by atoms with Crippen LogP contribution in [-0.4, -0.2) is 36.3 Å². The van der Waals surface area contributed by atoms with Gasteiger partial charge >= 0.3 is 0 Å². The van der Waals surface area contributed by atoms with Gasteiger partial charge in [0, 0.05) is 17.6 Å². The van der Waals surface area contributed by atoms with E-state index in [9.17, 15) is 4.79 Å². The summed E-state index contributed by atoms with van der Waals surface area (Å²) in [6.07, 6.45) is 0.467. The van der Waals surface area contributed by atoms with Crippen molar-refractivity contribution in [2.45, 2.75) is 25.2 Å². The van der Waals surface area contributed by atoms with Crippen LogP contribution in [0.2, 0.25) is 0 Å². The van der Waals surface area contributed by atoms with Gasteiger partial charge < -0.3 is 14.8 Å². The van der Waals surface area contributed by atoms with Gasteiger partial charge in [-0.3, -0.25) is 4.79 Å². The molecule has 7 heteroatoms. The number of aromatic nitrogens is 1. The van der Waals surface area contributed by atoms with Crippen molar-refractivity contribution in [3.8, 4) is 6.07 Å². The number of hydrogen-bond acceptors (Lipinski definition) is 6. The van der Waals surface area contributed by atoms with Crippen LogP contribution in [0.15, 0.2) is 35.2 Å². The van der Waals surface area contributed by atoms with E-state index < -0.39 is 0 Å². The van der Waals surface area contributed by atoms with Gasteiger partial charge in [0.25, 0.3) is 5.91 Å². The van der Waals surface area contributed by atoms with E-state index >= 15 is 0 Å². The van der Waals surface area contributed by atoms with E-state index in [0.717, 1.165) is 5.69 Å².